The van der Waals surface area contributed by atoms with E-state index in [1.54, 1.807) is 0 Å². The predicted molar refractivity (Wildman–Crippen MR) is 23.4 cm³/mol. The Kier molecular flexibility index (Phi) is 18.8. The molecular weight excluding hydrogens is 256 g/mol. The van der Waals surface area contributed by atoms with Gasteiger partial charge in [0, 0.05) is 0 Å². The summed E-state index contributed by atoms with van der Waals surface area (Å²) in [7, 11) is 17.9. The second kappa shape index (κ2) is 10.2. The molecule has 0 aromatic rings. The Bertz CT molecular complexity index is 12.3. The zero-order valence-electron chi connectivity index (χ0n) is 2.22. The van der Waals surface area contributed by atoms with E-state index in [2.05, 4.69) is 25.2 Å². The number of halogens is 4. The van der Waals surface area contributed by atoms with Gasteiger partial charge in [-0.25, -0.2) is 0 Å². The Morgan fingerprint density at radius 2 is 1.00 bits per heavy atom. The molecule has 0 aromatic heterocycles. The Morgan fingerprint density at radius 3 is 1.00 bits per heavy atom. The van der Waals surface area contributed by atoms with Crippen LogP contribution >= 0.6 is 40.5 Å². The summed E-state index contributed by atoms with van der Waals surface area (Å²) in [5, 5.41) is 0. The molecule has 0 aliphatic carbocycles. The van der Waals surface area contributed by atoms with Crippen molar-refractivity contribution >= 4 is 40.5 Å². The summed E-state index contributed by atoms with van der Waals surface area (Å²) in [6.45, 7) is 0. The summed E-state index contributed by atoms with van der Waals surface area (Å²) in [6.07, 6.45) is 0. The third kappa shape index (κ3) is 34.8. The molecule has 0 saturated heterocycles. The van der Waals surface area contributed by atoms with Crippen LogP contribution in [0.3, 0.4) is 0 Å². The van der Waals surface area contributed by atoms with Gasteiger partial charge >= 0.3 is 66.6 Å². The van der Waals surface area contributed by atoms with Crippen molar-refractivity contribution in [1.29, 1.82) is 0 Å². The minimum atomic E-state index is -1.19. The summed E-state index contributed by atoms with van der Waals surface area (Å²) in [6, 6.07) is 0. The van der Waals surface area contributed by atoms with Crippen LogP contribution in [0.15, 0.2) is 0 Å². The Balaban J connectivity index is 0. The van der Waals surface area contributed by atoms with Gasteiger partial charge in [0.1, 0.15) is 0 Å². The number of hydrogen-bond donors (Lipinski definition) is 0. The van der Waals surface area contributed by atoms with Crippen LogP contribution in [-0.4, -0.2) is 0 Å². The first-order valence-corrected chi connectivity index (χ1v) is 6.44. The molecular formula is Cl4CoMn. The molecule has 0 fully saturated rings. The second-order valence-electron chi connectivity index (χ2n) is 0.143. The van der Waals surface area contributed by atoms with Crippen LogP contribution in [0.1, 0.15) is 0 Å². The Hall–Kier alpha value is 2.19. The topological polar surface area (TPSA) is 0 Å². The van der Waals surface area contributed by atoms with E-state index < -0.39 is 10.9 Å². The zero-order valence-corrected chi connectivity index (χ0v) is 7.47. The van der Waals surface area contributed by atoms with Gasteiger partial charge in [-0.1, -0.05) is 0 Å². The van der Waals surface area contributed by atoms with Gasteiger partial charge in [0.15, 0.2) is 0 Å². The van der Waals surface area contributed by atoms with E-state index in [0.717, 1.165) is 0 Å². The fourth-order valence-corrected chi connectivity index (χ4v) is 0. The van der Waals surface area contributed by atoms with Crippen LogP contribution in [0.4, 0.5) is 0 Å². The van der Waals surface area contributed by atoms with E-state index in [1.807, 2.05) is 0 Å². The maximum absolute atomic E-state index is 4.87. The molecule has 0 aliphatic heterocycles. The molecule has 0 aliphatic rings. The third-order valence-electron chi connectivity index (χ3n) is 0. The van der Waals surface area contributed by atoms with E-state index in [4.69, 9.17) is 30.4 Å². The number of hydrogen-bond acceptors (Lipinski definition) is 0. The van der Waals surface area contributed by atoms with E-state index in [0.29, 0.717) is 0 Å². The molecule has 6 heteroatoms. The van der Waals surface area contributed by atoms with Gasteiger partial charge in [0.25, 0.3) is 0 Å². The molecule has 0 rings (SSSR count). The maximum atomic E-state index is 4.87. The molecule has 0 aromatic carbocycles. The Labute approximate surface area is 66.0 Å². The first kappa shape index (κ1) is 11.0. The molecule has 0 N–H and O–H groups in total. The van der Waals surface area contributed by atoms with Gasteiger partial charge in [-0.05, 0) is 0 Å². The fourth-order valence-electron chi connectivity index (χ4n) is 0. The van der Waals surface area contributed by atoms with E-state index >= 15 is 0 Å². The van der Waals surface area contributed by atoms with E-state index in [-0.39, 0.29) is 0 Å². The van der Waals surface area contributed by atoms with Gasteiger partial charge < -0.3 is 0 Å². The monoisotopic (exact) mass is 254 g/mol. The van der Waals surface area contributed by atoms with E-state index in [1.165, 1.54) is 0 Å². The van der Waals surface area contributed by atoms with Crippen LogP contribution in [0.25, 0.3) is 0 Å². The molecule has 0 bridgehead atoms. The molecule has 0 heterocycles. The SMILES string of the molecule is [Cl][Co]([Cl])[Cl].[Cl][Mn]. The molecule has 0 amide bonds. The Morgan fingerprint density at radius 1 is 1.00 bits per heavy atom. The van der Waals surface area contributed by atoms with Gasteiger partial charge in [-0.15, -0.1) is 0 Å². The molecule has 0 nitrogen and oxygen atoms in total. The van der Waals surface area contributed by atoms with Crippen LogP contribution in [0, 0.1) is 0 Å². The zero-order chi connectivity index (χ0) is 5.58. The average molecular weight is 256 g/mol. The summed E-state index contributed by atoms with van der Waals surface area (Å²) in [5.74, 6) is 0. The molecule has 6 heavy (non-hydrogen) atoms. The van der Waals surface area contributed by atoms with Crippen molar-refractivity contribution in [3.05, 3.63) is 0 Å². The van der Waals surface area contributed by atoms with Crippen molar-refractivity contribution in [3.63, 3.8) is 0 Å². The standard InChI is InChI=1S/4ClH.Co.Mn/h4*1H;;/q;;;;+3;+1/p-4. The average Bonchev–Trinajstić information content (AvgIpc) is 1.41. The minimum absolute atomic E-state index is 1.19. The van der Waals surface area contributed by atoms with Crippen LogP contribution in [0.2, 0.25) is 0 Å². The molecule has 0 spiro atoms. The first-order chi connectivity index (χ1) is 2.73. The van der Waals surface area contributed by atoms with Crippen LogP contribution in [0.5, 0.6) is 0 Å². The predicted octanol–water partition coefficient (Wildman–Crippen LogP) is 2.75. The van der Waals surface area contributed by atoms with Gasteiger partial charge in [0.05, 0.1) is 0 Å². The van der Waals surface area contributed by atoms with Crippen molar-refractivity contribution in [2.75, 3.05) is 0 Å². The second-order valence-corrected chi connectivity index (χ2v) is 5.30. The molecule has 0 atom stereocenters. The third-order valence-corrected chi connectivity index (χ3v) is 0. The summed E-state index contributed by atoms with van der Waals surface area (Å²) >= 11 is 2.41. The number of rotatable bonds is 0. The molecule has 0 radical (unpaired) electrons. The van der Waals surface area contributed by atoms with Crippen molar-refractivity contribution in [1.82, 2.24) is 0 Å². The van der Waals surface area contributed by atoms with Gasteiger partial charge in [-0.3, -0.25) is 0 Å². The van der Waals surface area contributed by atoms with Crippen molar-refractivity contribution < 1.29 is 26.1 Å². The quantitative estimate of drug-likeness (QED) is 0.584. The first-order valence-electron chi connectivity index (χ1n) is 0.521. The van der Waals surface area contributed by atoms with Gasteiger partial charge in [-0.2, -0.15) is 0 Å². The van der Waals surface area contributed by atoms with Crippen LogP contribution in [-0.2, 0) is 26.1 Å². The summed E-state index contributed by atoms with van der Waals surface area (Å²) in [5.41, 5.74) is 0. The fraction of sp³-hybridized carbons (Fsp3) is 0. The van der Waals surface area contributed by atoms with Crippen LogP contribution < -0.4 is 0 Å². The molecule has 44 valence electrons. The van der Waals surface area contributed by atoms with Crippen molar-refractivity contribution in [3.8, 4) is 0 Å². The summed E-state index contributed by atoms with van der Waals surface area (Å²) in [4.78, 5) is 0. The summed E-state index contributed by atoms with van der Waals surface area (Å²) < 4.78 is 0. The molecule has 0 unspecified atom stereocenters. The van der Waals surface area contributed by atoms with Gasteiger partial charge in [0.2, 0.25) is 0 Å². The van der Waals surface area contributed by atoms with Crippen molar-refractivity contribution in [2.24, 2.45) is 0 Å². The molecule has 0 saturated carbocycles. The normalized spacial score (nSPS) is 8.50. The van der Waals surface area contributed by atoms with Crippen molar-refractivity contribution in [2.45, 2.75) is 0 Å². The van der Waals surface area contributed by atoms with E-state index in [9.17, 15) is 0 Å².